The van der Waals surface area contributed by atoms with Gasteiger partial charge in [0, 0.05) is 0 Å². The third-order valence-electron chi connectivity index (χ3n) is 2.64. The van der Waals surface area contributed by atoms with Gasteiger partial charge in [-0.05, 0) is 38.1 Å². The second-order valence-corrected chi connectivity index (χ2v) is 4.35. The van der Waals surface area contributed by atoms with Crippen molar-refractivity contribution in [1.29, 1.82) is 0 Å². The summed E-state index contributed by atoms with van der Waals surface area (Å²) in [5.74, 6) is -1.94. The van der Waals surface area contributed by atoms with E-state index in [0.29, 0.717) is 17.7 Å². The van der Waals surface area contributed by atoms with Crippen molar-refractivity contribution in [3.05, 3.63) is 35.4 Å². The number of esters is 4. The third kappa shape index (κ3) is 15.8. The van der Waals surface area contributed by atoms with Gasteiger partial charge in [0.05, 0.1) is 38.6 Å². The predicted octanol–water partition coefficient (Wildman–Crippen LogP) is 4.31. The molecule has 0 bridgehead atoms. The van der Waals surface area contributed by atoms with Crippen LogP contribution in [0.1, 0.15) is 70.7 Å². The van der Waals surface area contributed by atoms with E-state index in [0.717, 1.165) is 0 Å². The van der Waals surface area contributed by atoms with Gasteiger partial charge in [-0.15, -0.1) is 0 Å². The minimum absolute atomic E-state index is 0. The SMILES string of the molecule is C.C.C.C.CCOC(=O)CC(=O)OC.CCOC(=O)c1ccc(C(=O)OC)cc1. The number of carbonyl (C=O) groups is 4. The van der Waals surface area contributed by atoms with Crippen LogP contribution >= 0.6 is 0 Å². The van der Waals surface area contributed by atoms with Gasteiger partial charge in [0.1, 0.15) is 6.42 Å². The monoisotopic (exact) mass is 418 g/mol. The van der Waals surface area contributed by atoms with Crippen molar-refractivity contribution < 1.29 is 38.1 Å². The Labute approximate surface area is 175 Å². The Hall–Kier alpha value is -2.90. The highest BCUT2D eigenvalue weighted by Gasteiger charge is 2.09. The first-order chi connectivity index (χ1) is 11.9. The van der Waals surface area contributed by atoms with E-state index < -0.39 is 23.9 Å². The molecule has 1 aromatic carbocycles. The second kappa shape index (κ2) is 21.4. The van der Waals surface area contributed by atoms with Crippen LogP contribution in [0.25, 0.3) is 0 Å². The highest BCUT2D eigenvalue weighted by molar-refractivity contribution is 5.93. The van der Waals surface area contributed by atoms with E-state index in [1.54, 1.807) is 13.8 Å². The van der Waals surface area contributed by atoms with Crippen LogP contribution in [0.4, 0.5) is 0 Å². The van der Waals surface area contributed by atoms with Crippen molar-refractivity contribution >= 4 is 23.9 Å². The number of ether oxygens (including phenoxy) is 4. The van der Waals surface area contributed by atoms with Gasteiger partial charge < -0.3 is 18.9 Å². The molecule has 29 heavy (non-hydrogen) atoms. The van der Waals surface area contributed by atoms with Crippen molar-refractivity contribution in [1.82, 2.24) is 0 Å². The standard InChI is InChI=1S/C11H12O4.C6H10O4.4CH4/c1-3-15-11(13)9-6-4-8(5-7-9)10(12)14-2;1-3-10-6(8)4-5(7)9-2;;;;/h4-7H,3H2,1-2H3;3-4H2,1-2H3;4*1H4. The largest absolute Gasteiger partial charge is 0.469 e. The molecule has 0 aliphatic rings. The molecule has 1 aromatic rings. The molecule has 0 N–H and O–H groups in total. The summed E-state index contributed by atoms with van der Waals surface area (Å²) in [6.07, 6.45) is -0.301. The molecule has 0 spiro atoms. The van der Waals surface area contributed by atoms with Crippen LogP contribution in [0.5, 0.6) is 0 Å². The normalized spacial score (nSPS) is 7.86. The highest BCUT2D eigenvalue weighted by atomic mass is 16.5. The average molecular weight is 419 g/mol. The van der Waals surface area contributed by atoms with Crippen LogP contribution in [-0.2, 0) is 28.5 Å². The maximum Gasteiger partial charge on any atom is 0.338 e. The lowest BCUT2D eigenvalue weighted by molar-refractivity contribution is -0.152. The minimum atomic E-state index is -0.571. The van der Waals surface area contributed by atoms with E-state index in [4.69, 9.17) is 4.74 Å². The molecule has 0 radical (unpaired) electrons. The van der Waals surface area contributed by atoms with Gasteiger partial charge in [-0.1, -0.05) is 29.7 Å². The summed E-state index contributed by atoms with van der Waals surface area (Å²) in [6, 6.07) is 6.12. The highest BCUT2D eigenvalue weighted by Crippen LogP contribution is 2.07. The first kappa shape index (κ1) is 36.9. The fourth-order valence-electron chi connectivity index (χ4n) is 1.48. The molecule has 0 saturated carbocycles. The fourth-order valence-corrected chi connectivity index (χ4v) is 1.48. The molecule has 0 fully saturated rings. The molecule has 8 nitrogen and oxygen atoms in total. The lowest BCUT2D eigenvalue weighted by atomic mass is 10.1. The van der Waals surface area contributed by atoms with Crippen molar-refractivity contribution in [3.63, 3.8) is 0 Å². The molecule has 0 heterocycles. The Balaban J connectivity index is -0.000000124. The van der Waals surface area contributed by atoms with E-state index in [-0.39, 0.29) is 42.7 Å². The molecule has 0 amide bonds. The molecule has 1 rings (SSSR count). The Morgan fingerprint density at radius 1 is 0.655 bits per heavy atom. The van der Waals surface area contributed by atoms with Gasteiger partial charge in [0.15, 0.2) is 0 Å². The van der Waals surface area contributed by atoms with Crippen LogP contribution in [0.15, 0.2) is 24.3 Å². The maximum atomic E-state index is 11.3. The second-order valence-electron chi connectivity index (χ2n) is 4.35. The average Bonchev–Trinajstić information content (AvgIpc) is 2.62. The maximum absolute atomic E-state index is 11.3. The summed E-state index contributed by atoms with van der Waals surface area (Å²) in [4.78, 5) is 43.2. The van der Waals surface area contributed by atoms with Gasteiger partial charge in [-0.25, -0.2) is 9.59 Å². The Kier molecular flexibility index (Phi) is 27.3. The van der Waals surface area contributed by atoms with Gasteiger partial charge in [-0.3, -0.25) is 9.59 Å². The minimum Gasteiger partial charge on any atom is -0.469 e. The number of benzene rings is 1. The van der Waals surface area contributed by atoms with Crippen molar-refractivity contribution in [2.75, 3.05) is 27.4 Å². The molecule has 0 unspecified atom stereocenters. The van der Waals surface area contributed by atoms with Crippen LogP contribution in [0, 0.1) is 0 Å². The quantitative estimate of drug-likeness (QED) is 0.382. The van der Waals surface area contributed by atoms with E-state index in [9.17, 15) is 19.2 Å². The van der Waals surface area contributed by atoms with Crippen LogP contribution in [0.3, 0.4) is 0 Å². The smallest absolute Gasteiger partial charge is 0.338 e. The lowest BCUT2D eigenvalue weighted by Gasteiger charge is -2.02. The summed E-state index contributed by atoms with van der Waals surface area (Å²) in [7, 11) is 2.53. The Bertz CT molecular complexity index is 579. The van der Waals surface area contributed by atoms with Crippen molar-refractivity contribution in [2.24, 2.45) is 0 Å². The first-order valence-corrected chi connectivity index (χ1v) is 7.47. The van der Waals surface area contributed by atoms with Crippen LogP contribution in [-0.4, -0.2) is 51.3 Å². The van der Waals surface area contributed by atoms with Gasteiger partial charge in [0.25, 0.3) is 0 Å². The zero-order valence-corrected chi connectivity index (χ0v) is 14.7. The Morgan fingerprint density at radius 2 is 1.07 bits per heavy atom. The summed E-state index contributed by atoms with van der Waals surface area (Å²) < 4.78 is 18.0. The third-order valence-corrected chi connectivity index (χ3v) is 2.64. The number of hydrogen-bond acceptors (Lipinski definition) is 8. The molecule has 170 valence electrons. The number of rotatable bonds is 6. The molecule has 0 atom stereocenters. The first-order valence-electron chi connectivity index (χ1n) is 7.47. The summed E-state index contributed by atoms with van der Waals surface area (Å²) in [6.45, 7) is 4.03. The topological polar surface area (TPSA) is 105 Å². The molecule has 0 aliphatic carbocycles. The molecular formula is C21H38O8. The summed E-state index contributed by atoms with van der Waals surface area (Å²) in [5, 5.41) is 0. The van der Waals surface area contributed by atoms with Crippen LogP contribution < -0.4 is 0 Å². The molecule has 0 aromatic heterocycles. The van der Waals surface area contributed by atoms with E-state index >= 15 is 0 Å². The van der Waals surface area contributed by atoms with E-state index in [1.165, 1.54) is 38.5 Å². The van der Waals surface area contributed by atoms with Crippen molar-refractivity contribution in [2.45, 2.75) is 50.0 Å². The summed E-state index contributed by atoms with van der Waals surface area (Å²) in [5.41, 5.74) is 0.829. The number of hydrogen-bond donors (Lipinski definition) is 0. The molecule has 0 saturated heterocycles. The molecule has 0 aliphatic heterocycles. The van der Waals surface area contributed by atoms with E-state index in [2.05, 4.69) is 14.2 Å². The molecule has 8 heteroatoms. The number of carbonyl (C=O) groups excluding carboxylic acids is 4. The zero-order chi connectivity index (χ0) is 19.2. The molecular weight excluding hydrogens is 380 g/mol. The zero-order valence-electron chi connectivity index (χ0n) is 14.7. The predicted molar refractivity (Wildman–Crippen MR) is 114 cm³/mol. The number of methoxy groups -OCH3 is 2. The van der Waals surface area contributed by atoms with Crippen molar-refractivity contribution in [3.8, 4) is 0 Å². The fraction of sp³-hybridized carbons (Fsp3) is 0.524. The van der Waals surface area contributed by atoms with Gasteiger partial charge in [0.2, 0.25) is 0 Å². The van der Waals surface area contributed by atoms with Gasteiger partial charge >= 0.3 is 23.9 Å². The van der Waals surface area contributed by atoms with E-state index in [1.807, 2.05) is 0 Å². The Morgan fingerprint density at radius 3 is 1.41 bits per heavy atom. The summed E-state index contributed by atoms with van der Waals surface area (Å²) >= 11 is 0. The lowest BCUT2D eigenvalue weighted by Crippen LogP contribution is -2.11. The van der Waals surface area contributed by atoms with Gasteiger partial charge in [-0.2, -0.15) is 0 Å². The van der Waals surface area contributed by atoms with Crippen LogP contribution in [0.2, 0.25) is 0 Å².